The normalized spacial score (nSPS) is 13.1. The lowest BCUT2D eigenvalue weighted by Gasteiger charge is -2.23. The molecule has 0 bridgehead atoms. The molecule has 0 unspecified atom stereocenters. The van der Waals surface area contributed by atoms with E-state index in [4.69, 9.17) is 13.9 Å². The van der Waals surface area contributed by atoms with Crippen molar-refractivity contribution in [3.8, 4) is 17.6 Å². The maximum absolute atomic E-state index is 13.2. The number of methoxy groups -OCH3 is 2. The average molecular weight is 463 g/mol. The molecule has 0 saturated heterocycles. The molecule has 34 heavy (non-hydrogen) atoms. The Hall–Kier alpha value is -3.70. The number of carbonyl (C=O) groups excluding carboxylic acids is 1. The summed E-state index contributed by atoms with van der Waals surface area (Å²) in [5, 5.41) is 12.8. The minimum Gasteiger partial charge on any atom is -0.497 e. The van der Waals surface area contributed by atoms with Gasteiger partial charge in [0.2, 0.25) is 5.91 Å². The van der Waals surface area contributed by atoms with E-state index in [1.165, 1.54) is 0 Å². The van der Waals surface area contributed by atoms with Crippen LogP contribution in [0.3, 0.4) is 0 Å². The summed E-state index contributed by atoms with van der Waals surface area (Å²) in [6, 6.07) is 12.0. The summed E-state index contributed by atoms with van der Waals surface area (Å²) < 4.78 is 18.3. The predicted octanol–water partition coefficient (Wildman–Crippen LogP) is 4.24. The van der Waals surface area contributed by atoms with Crippen molar-refractivity contribution in [2.75, 3.05) is 26.1 Å². The van der Waals surface area contributed by atoms with Gasteiger partial charge in [0.25, 0.3) is 0 Å². The van der Waals surface area contributed by atoms with Crippen LogP contribution in [0, 0.1) is 25.2 Å². The van der Waals surface area contributed by atoms with E-state index in [0.29, 0.717) is 30.5 Å². The highest BCUT2D eigenvalue weighted by Gasteiger charge is 2.31. The van der Waals surface area contributed by atoms with E-state index in [9.17, 15) is 10.1 Å². The fourth-order valence-electron chi connectivity index (χ4n) is 4.22. The SMILES string of the molecule is COc1ccc(OC)c(CN(CC(=O)Nc2c(C#N)c(C)c(C)n2Cc2ccco2)C2CC2)c1. The van der Waals surface area contributed by atoms with Crippen LogP contribution in [0.15, 0.2) is 41.0 Å². The largest absolute Gasteiger partial charge is 0.497 e. The summed E-state index contributed by atoms with van der Waals surface area (Å²) in [6.45, 7) is 5.05. The van der Waals surface area contributed by atoms with Gasteiger partial charge in [-0.2, -0.15) is 5.26 Å². The zero-order valence-corrected chi connectivity index (χ0v) is 20.1. The average Bonchev–Trinajstić information content (AvgIpc) is 3.52. The lowest BCUT2D eigenvalue weighted by Crippen LogP contribution is -2.35. The molecule has 8 nitrogen and oxygen atoms in total. The first-order chi connectivity index (χ1) is 16.4. The van der Waals surface area contributed by atoms with E-state index in [1.54, 1.807) is 20.5 Å². The predicted molar refractivity (Wildman–Crippen MR) is 128 cm³/mol. The summed E-state index contributed by atoms with van der Waals surface area (Å²) >= 11 is 0. The number of rotatable bonds is 10. The third kappa shape index (κ3) is 4.95. The Kier molecular flexibility index (Phi) is 6.94. The quantitative estimate of drug-likeness (QED) is 0.485. The summed E-state index contributed by atoms with van der Waals surface area (Å²) in [5.41, 5.74) is 3.21. The lowest BCUT2D eigenvalue weighted by atomic mass is 10.1. The Labute approximate surface area is 199 Å². The summed E-state index contributed by atoms with van der Waals surface area (Å²) in [6.07, 6.45) is 3.72. The first-order valence-electron chi connectivity index (χ1n) is 11.3. The van der Waals surface area contributed by atoms with Gasteiger partial charge in [-0.25, -0.2) is 0 Å². The second-order valence-corrected chi connectivity index (χ2v) is 8.57. The van der Waals surface area contributed by atoms with Crippen LogP contribution in [0.1, 0.15) is 41.0 Å². The molecule has 178 valence electrons. The molecular weight excluding hydrogens is 432 g/mol. The maximum Gasteiger partial charge on any atom is 0.239 e. The van der Waals surface area contributed by atoms with Crippen LogP contribution in [0.5, 0.6) is 11.5 Å². The van der Waals surface area contributed by atoms with Crippen LogP contribution >= 0.6 is 0 Å². The number of ether oxygens (including phenoxy) is 2. The molecule has 4 rings (SSSR count). The highest BCUT2D eigenvalue weighted by molar-refractivity contribution is 5.93. The van der Waals surface area contributed by atoms with Gasteiger partial charge in [0, 0.05) is 23.8 Å². The molecule has 0 spiro atoms. The van der Waals surface area contributed by atoms with Gasteiger partial charge in [0.05, 0.1) is 39.1 Å². The second kappa shape index (κ2) is 10.1. The molecule has 1 amide bonds. The number of nitriles is 1. The van der Waals surface area contributed by atoms with Crippen molar-refractivity contribution in [1.29, 1.82) is 5.26 Å². The molecule has 1 aliphatic carbocycles. The van der Waals surface area contributed by atoms with Gasteiger partial charge < -0.3 is 23.8 Å². The standard InChI is InChI=1S/C26H30N4O4/c1-17-18(2)30(15-22-6-5-11-34-22)26(23(17)13-27)28-25(31)16-29(20-7-8-20)14-19-12-21(32-3)9-10-24(19)33-4/h5-6,9-12,20H,7-8,14-16H2,1-4H3,(H,28,31). The molecule has 3 aromatic rings. The Bertz CT molecular complexity index is 1200. The van der Waals surface area contributed by atoms with Gasteiger partial charge in [-0.05, 0) is 62.6 Å². The van der Waals surface area contributed by atoms with Crippen LogP contribution in [-0.2, 0) is 17.9 Å². The van der Waals surface area contributed by atoms with Gasteiger partial charge >= 0.3 is 0 Å². The number of nitrogens with zero attached hydrogens (tertiary/aromatic N) is 3. The summed E-state index contributed by atoms with van der Waals surface area (Å²) in [7, 11) is 3.27. The van der Waals surface area contributed by atoms with Crippen LogP contribution in [0.25, 0.3) is 0 Å². The van der Waals surface area contributed by atoms with E-state index in [1.807, 2.05) is 48.7 Å². The van der Waals surface area contributed by atoms with Crippen molar-refractivity contribution in [3.05, 3.63) is 64.7 Å². The topological polar surface area (TPSA) is 92.7 Å². The number of benzene rings is 1. The number of amides is 1. The van der Waals surface area contributed by atoms with Crippen LogP contribution < -0.4 is 14.8 Å². The molecular formula is C26H30N4O4. The summed E-state index contributed by atoms with van der Waals surface area (Å²) in [4.78, 5) is 15.4. The van der Waals surface area contributed by atoms with E-state index < -0.39 is 0 Å². The Morgan fingerprint density at radius 3 is 2.68 bits per heavy atom. The van der Waals surface area contributed by atoms with Gasteiger partial charge in [0.1, 0.15) is 29.1 Å². The molecule has 0 atom stereocenters. The van der Waals surface area contributed by atoms with Crippen LogP contribution in [-0.4, -0.2) is 42.2 Å². The number of furan rings is 1. The van der Waals surface area contributed by atoms with Gasteiger partial charge in [-0.3, -0.25) is 9.69 Å². The minimum absolute atomic E-state index is 0.163. The fraction of sp³-hybridized carbons (Fsp3) is 0.385. The second-order valence-electron chi connectivity index (χ2n) is 8.57. The number of hydrogen-bond acceptors (Lipinski definition) is 6. The first kappa shape index (κ1) is 23.5. The first-order valence-corrected chi connectivity index (χ1v) is 11.3. The van der Waals surface area contributed by atoms with E-state index in [2.05, 4.69) is 16.3 Å². The van der Waals surface area contributed by atoms with Crippen molar-refractivity contribution in [3.63, 3.8) is 0 Å². The molecule has 0 radical (unpaired) electrons. The Morgan fingerprint density at radius 2 is 2.06 bits per heavy atom. The third-order valence-corrected chi connectivity index (χ3v) is 6.36. The molecule has 1 aliphatic rings. The molecule has 8 heteroatoms. The van der Waals surface area contributed by atoms with Crippen molar-refractivity contribution in [2.24, 2.45) is 0 Å². The minimum atomic E-state index is -0.163. The molecule has 1 aromatic carbocycles. The van der Waals surface area contributed by atoms with E-state index >= 15 is 0 Å². The summed E-state index contributed by atoms with van der Waals surface area (Å²) in [5.74, 6) is 2.61. The highest BCUT2D eigenvalue weighted by Crippen LogP contribution is 2.32. The van der Waals surface area contributed by atoms with E-state index in [-0.39, 0.29) is 12.5 Å². The maximum atomic E-state index is 13.2. The van der Waals surface area contributed by atoms with Gasteiger partial charge in [0.15, 0.2) is 0 Å². The molecule has 1 fully saturated rings. The zero-order valence-electron chi connectivity index (χ0n) is 20.1. The Morgan fingerprint density at radius 1 is 1.26 bits per heavy atom. The number of aromatic nitrogens is 1. The van der Waals surface area contributed by atoms with Crippen LogP contribution in [0.4, 0.5) is 5.82 Å². The Balaban J connectivity index is 1.55. The highest BCUT2D eigenvalue weighted by atomic mass is 16.5. The van der Waals surface area contributed by atoms with Crippen LogP contribution in [0.2, 0.25) is 0 Å². The number of hydrogen-bond donors (Lipinski definition) is 1. The molecule has 1 saturated carbocycles. The van der Waals surface area contributed by atoms with Crippen molar-refractivity contribution in [1.82, 2.24) is 9.47 Å². The molecule has 2 aromatic heterocycles. The van der Waals surface area contributed by atoms with Gasteiger partial charge in [-0.15, -0.1) is 0 Å². The molecule has 0 aliphatic heterocycles. The zero-order chi connectivity index (χ0) is 24.2. The van der Waals surface area contributed by atoms with Crippen molar-refractivity contribution in [2.45, 2.75) is 45.8 Å². The number of carbonyl (C=O) groups is 1. The van der Waals surface area contributed by atoms with Crippen molar-refractivity contribution < 1.29 is 18.7 Å². The van der Waals surface area contributed by atoms with Crippen molar-refractivity contribution >= 4 is 11.7 Å². The number of anilines is 1. The van der Waals surface area contributed by atoms with Gasteiger partial charge in [-0.1, -0.05) is 0 Å². The van der Waals surface area contributed by atoms with E-state index in [0.717, 1.165) is 46.9 Å². The molecule has 2 heterocycles. The smallest absolute Gasteiger partial charge is 0.239 e. The number of nitrogens with one attached hydrogen (secondary N) is 1. The third-order valence-electron chi connectivity index (χ3n) is 6.36. The monoisotopic (exact) mass is 462 g/mol. The molecule has 1 N–H and O–H groups in total. The fourth-order valence-corrected chi connectivity index (χ4v) is 4.22. The lowest BCUT2D eigenvalue weighted by molar-refractivity contribution is -0.117.